The van der Waals surface area contributed by atoms with Crippen molar-refractivity contribution >= 4 is 28.5 Å². The molecule has 0 bridgehead atoms. The Morgan fingerprint density at radius 3 is 2.78 bits per heavy atom. The highest BCUT2D eigenvalue weighted by Crippen LogP contribution is 2.39. The minimum atomic E-state index is -0.353. The van der Waals surface area contributed by atoms with Crippen molar-refractivity contribution in [1.29, 1.82) is 0 Å². The van der Waals surface area contributed by atoms with Crippen LogP contribution in [0.5, 0.6) is 0 Å². The molecule has 1 aliphatic rings. The molecule has 0 heterocycles. The number of hydrogen-bond acceptors (Lipinski definition) is 2. The molecule has 18 heavy (non-hydrogen) atoms. The molecule has 0 spiro atoms. The van der Waals surface area contributed by atoms with E-state index in [-0.39, 0.29) is 17.3 Å². The first-order valence-corrected chi connectivity index (χ1v) is 7.02. The van der Waals surface area contributed by atoms with Gasteiger partial charge in [0.25, 0.3) is 5.91 Å². The van der Waals surface area contributed by atoms with Gasteiger partial charge in [0.2, 0.25) is 0 Å². The highest BCUT2D eigenvalue weighted by atomic mass is 127. The second-order valence-electron chi connectivity index (χ2n) is 4.97. The summed E-state index contributed by atoms with van der Waals surface area (Å²) >= 11 is 1.97. The molecule has 1 amide bonds. The summed E-state index contributed by atoms with van der Waals surface area (Å²) in [5.41, 5.74) is 5.90. The normalized spacial score (nSPS) is 18.2. The summed E-state index contributed by atoms with van der Waals surface area (Å²) in [6.07, 6.45) is 2.21. The van der Waals surface area contributed by atoms with Gasteiger partial charge in [0.15, 0.2) is 0 Å². The first-order chi connectivity index (χ1) is 8.46. The van der Waals surface area contributed by atoms with Crippen LogP contribution < -0.4 is 11.1 Å². The van der Waals surface area contributed by atoms with Gasteiger partial charge in [-0.1, -0.05) is 0 Å². The van der Waals surface area contributed by atoms with Gasteiger partial charge in [-0.15, -0.1) is 0 Å². The SMILES string of the molecule is CC(CN)(NC(=O)c1ccc(F)cc1I)C1CC1. The molecule has 0 radical (unpaired) electrons. The number of rotatable bonds is 4. The average molecular weight is 362 g/mol. The van der Waals surface area contributed by atoms with Crippen LogP contribution in [0.1, 0.15) is 30.1 Å². The summed E-state index contributed by atoms with van der Waals surface area (Å²) in [4.78, 5) is 12.2. The zero-order valence-electron chi connectivity index (χ0n) is 10.2. The molecule has 1 aromatic carbocycles. The molecule has 1 fully saturated rings. The van der Waals surface area contributed by atoms with Crippen LogP contribution in [0.4, 0.5) is 4.39 Å². The number of nitrogens with one attached hydrogen (secondary N) is 1. The lowest BCUT2D eigenvalue weighted by atomic mass is 9.95. The molecular formula is C13H16FIN2O. The third-order valence-corrected chi connectivity index (χ3v) is 4.37. The van der Waals surface area contributed by atoms with E-state index < -0.39 is 0 Å². The summed E-state index contributed by atoms with van der Waals surface area (Å²) in [6, 6.07) is 4.16. The van der Waals surface area contributed by atoms with Crippen molar-refractivity contribution in [3.05, 3.63) is 33.1 Å². The number of amides is 1. The zero-order valence-corrected chi connectivity index (χ0v) is 12.3. The lowest BCUT2D eigenvalue weighted by Gasteiger charge is -2.29. The fourth-order valence-corrected chi connectivity index (χ4v) is 2.76. The molecule has 1 aromatic rings. The number of benzene rings is 1. The van der Waals surface area contributed by atoms with Crippen LogP contribution >= 0.6 is 22.6 Å². The highest BCUT2D eigenvalue weighted by molar-refractivity contribution is 14.1. The van der Waals surface area contributed by atoms with E-state index in [4.69, 9.17) is 5.73 Å². The van der Waals surface area contributed by atoms with E-state index in [1.807, 2.05) is 29.5 Å². The fourth-order valence-electron chi connectivity index (χ4n) is 2.04. The zero-order chi connectivity index (χ0) is 13.3. The number of hydrogen-bond donors (Lipinski definition) is 2. The Balaban J connectivity index is 2.16. The van der Waals surface area contributed by atoms with E-state index in [9.17, 15) is 9.18 Å². The Hall–Kier alpha value is -0.690. The van der Waals surface area contributed by atoms with Gasteiger partial charge in [0.1, 0.15) is 5.82 Å². The van der Waals surface area contributed by atoms with Crippen molar-refractivity contribution in [2.75, 3.05) is 6.54 Å². The molecule has 0 saturated heterocycles. The molecule has 1 atom stereocenters. The maximum absolute atomic E-state index is 13.0. The molecule has 2 rings (SSSR count). The maximum Gasteiger partial charge on any atom is 0.252 e. The molecule has 5 heteroatoms. The van der Waals surface area contributed by atoms with Crippen LogP contribution in [-0.4, -0.2) is 18.0 Å². The second kappa shape index (κ2) is 5.13. The predicted octanol–water partition coefficient (Wildman–Crippen LogP) is 2.29. The molecule has 3 nitrogen and oxygen atoms in total. The first-order valence-electron chi connectivity index (χ1n) is 5.94. The highest BCUT2D eigenvalue weighted by Gasteiger charge is 2.41. The van der Waals surface area contributed by atoms with Gasteiger partial charge in [0.05, 0.1) is 11.1 Å². The van der Waals surface area contributed by atoms with Crippen LogP contribution in [0, 0.1) is 15.3 Å². The quantitative estimate of drug-likeness (QED) is 0.808. The van der Waals surface area contributed by atoms with Gasteiger partial charge in [-0.3, -0.25) is 4.79 Å². The Labute approximate surface area is 119 Å². The lowest BCUT2D eigenvalue weighted by molar-refractivity contribution is 0.0897. The van der Waals surface area contributed by atoms with Crippen LogP contribution in [0.15, 0.2) is 18.2 Å². The largest absolute Gasteiger partial charge is 0.345 e. The Morgan fingerprint density at radius 1 is 1.61 bits per heavy atom. The van der Waals surface area contributed by atoms with Gasteiger partial charge in [0, 0.05) is 10.1 Å². The summed E-state index contributed by atoms with van der Waals surface area (Å²) in [6.45, 7) is 2.39. The molecule has 1 aliphatic carbocycles. The standard InChI is InChI=1S/C13H16FIN2O/c1-13(7-16,8-2-3-8)17-12(18)10-5-4-9(14)6-11(10)15/h4-6,8H,2-3,7,16H2,1H3,(H,17,18). The number of carbonyl (C=O) groups is 1. The van der Waals surface area contributed by atoms with E-state index >= 15 is 0 Å². The predicted molar refractivity (Wildman–Crippen MR) is 76.8 cm³/mol. The minimum Gasteiger partial charge on any atom is -0.345 e. The van der Waals surface area contributed by atoms with Crippen molar-refractivity contribution in [1.82, 2.24) is 5.32 Å². The number of nitrogens with two attached hydrogens (primary N) is 1. The molecular weight excluding hydrogens is 346 g/mol. The van der Waals surface area contributed by atoms with Crippen LogP contribution in [0.25, 0.3) is 0 Å². The lowest BCUT2D eigenvalue weighted by Crippen LogP contribution is -2.53. The molecule has 0 aromatic heterocycles. The summed E-state index contributed by atoms with van der Waals surface area (Å²) < 4.78 is 13.6. The van der Waals surface area contributed by atoms with Crippen molar-refractivity contribution in [3.8, 4) is 0 Å². The molecule has 1 saturated carbocycles. The van der Waals surface area contributed by atoms with Crippen LogP contribution in [0.2, 0.25) is 0 Å². The summed E-state index contributed by atoms with van der Waals surface area (Å²) in [5, 5.41) is 2.99. The Morgan fingerprint density at radius 2 is 2.28 bits per heavy atom. The van der Waals surface area contributed by atoms with Crippen molar-refractivity contribution in [2.24, 2.45) is 11.7 Å². The smallest absolute Gasteiger partial charge is 0.252 e. The van der Waals surface area contributed by atoms with Gasteiger partial charge in [-0.2, -0.15) is 0 Å². The summed E-state index contributed by atoms with van der Waals surface area (Å²) in [5.74, 6) is -0.0523. The monoisotopic (exact) mass is 362 g/mol. The maximum atomic E-state index is 13.0. The van der Waals surface area contributed by atoms with E-state index in [1.165, 1.54) is 18.2 Å². The third-order valence-electron chi connectivity index (χ3n) is 3.48. The third kappa shape index (κ3) is 2.83. The fraction of sp³-hybridized carbons (Fsp3) is 0.462. The average Bonchev–Trinajstić information content (AvgIpc) is 3.12. The van der Waals surface area contributed by atoms with Crippen molar-refractivity contribution in [3.63, 3.8) is 0 Å². The van der Waals surface area contributed by atoms with Gasteiger partial charge in [-0.25, -0.2) is 4.39 Å². The van der Waals surface area contributed by atoms with Gasteiger partial charge < -0.3 is 11.1 Å². The second-order valence-corrected chi connectivity index (χ2v) is 6.14. The number of carbonyl (C=O) groups excluding carboxylic acids is 1. The van der Waals surface area contributed by atoms with Crippen LogP contribution in [-0.2, 0) is 0 Å². The van der Waals surface area contributed by atoms with Gasteiger partial charge >= 0.3 is 0 Å². The summed E-state index contributed by atoms with van der Waals surface area (Å²) in [7, 11) is 0. The molecule has 98 valence electrons. The van der Waals surface area contributed by atoms with Crippen molar-refractivity contribution in [2.45, 2.75) is 25.3 Å². The number of halogens is 2. The van der Waals surface area contributed by atoms with E-state index in [2.05, 4.69) is 5.32 Å². The van der Waals surface area contributed by atoms with E-state index in [0.717, 1.165) is 12.8 Å². The molecule has 1 unspecified atom stereocenters. The van der Waals surface area contributed by atoms with Crippen molar-refractivity contribution < 1.29 is 9.18 Å². The Bertz CT molecular complexity index is 476. The topological polar surface area (TPSA) is 55.1 Å². The molecule has 3 N–H and O–H groups in total. The first kappa shape index (κ1) is 13.7. The van der Waals surface area contributed by atoms with E-state index in [1.54, 1.807) is 0 Å². The Kier molecular flexibility index (Phi) is 3.91. The van der Waals surface area contributed by atoms with E-state index in [0.29, 0.717) is 21.6 Å². The van der Waals surface area contributed by atoms with Crippen LogP contribution in [0.3, 0.4) is 0 Å². The minimum absolute atomic E-state index is 0.181. The molecule has 0 aliphatic heterocycles. The van der Waals surface area contributed by atoms with Gasteiger partial charge in [-0.05, 0) is 66.5 Å².